The number of rotatable bonds is 5. The Bertz CT molecular complexity index is 1070. The van der Waals surface area contributed by atoms with Gasteiger partial charge in [0.05, 0.1) is 12.3 Å². The average Bonchev–Trinajstić information content (AvgIpc) is 2.72. The van der Waals surface area contributed by atoms with Gasteiger partial charge in [0.1, 0.15) is 16.8 Å². The summed E-state index contributed by atoms with van der Waals surface area (Å²) in [6, 6.07) is 24.2. The largest absolute Gasteiger partial charge is 0.493 e. The van der Waals surface area contributed by atoms with Crippen LogP contribution in [-0.2, 0) is 16.6 Å². The van der Waals surface area contributed by atoms with Crippen molar-refractivity contribution >= 4 is 15.7 Å². The van der Waals surface area contributed by atoms with Crippen LogP contribution in [-0.4, -0.2) is 19.3 Å². The SMILES string of the molecule is CCOc1ccccc1[C@H]1Nc2ccccc2S(=O)(=O)N1Cc1ccccc1. The van der Waals surface area contributed by atoms with Gasteiger partial charge >= 0.3 is 0 Å². The molecule has 0 unspecified atom stereocenters. The number of hydrogen-bond donors (Lipinski definition) is 1. The first-order chi connectivity index (χ1) is 13.6. The van der Waals surface area contributed by atoms with Crippen LogP contribution in [0.25, 0.3) is 0 Å². The zero-order valence-electron chi connectivity index (χ0n) is 15.6. The number of anilines is 1. The van der Waals surface area contributed by atoms with Gasteiger partial charge < -0.3 is 10.1 Å². The maximum Gasteiger partial charge on any atom is 0.247 e. The van der Waals surface area contributed by atoms with Crippen molar-refractivity contribution in [2.45, 2.75) is 24.5 Å². The second kappa shape index (κ2) is 7.66. The van der Waals surface area contributed by atoms with Crippen molar-refractivity contribution in [2.75, 3.05) is 11.9 Å². The lowest BCUT2D eigenvalue weighted by atomic mass is 10.1. The van der Waals surface area contributed by atoms with Gasteiger partial charge in [0, 0.05) is 12.1 Å². The fourth-order valence-corrected chi connectivity index (χ4v) is 5.13. The number of fused-ring (bicyclic) bond motifs is 1. The lowest BCUT2D eigenvalue weighted by molar-refractivity contribution is 0.305. The summed E-state index contributed by atoms with van der Waals surface area (Å²) in [5, 5.41) is 3.40. The monoisotopic (exact) mass is 394 g/mol. The van der Waals surface area contributed by atoms with Crippen LogP contribution >= 0.6 is 0 Å². The Morgan fingerprint density at radius 2 is 1.61 bits per heavy atom. The zero-order chi connectivity index (χ0) is 19.6. The van der Waals surface area contributed by atoms with Crippen LogP contribution in [0, 0.1) is 0 Å². The van der Waals surface area contributed by atoms with Crippen molar-refractivity contribution in [2.24, 2.45) is 0 Å². The Hall–Kier alpha value is -2.83. The van der Waals surface area contributed by atoms with E-state index in [9.17, 15) is 8.42 Å². The fraction of sp³-hybridized carbons (Fsp3) is 0.182. The molecule has 0 aliphatic carbocycles. The summed E-state index contributed by atoms with van der Waals surface area (Å²) in [4.78, 5) is 0.288. The molecule has 0 radical (unpaired) electrons. The van der Waals surface area contributed by atoms with E-state index >= 15 is 0 Å². The quantitative estimate of drug-likeness (QED) is 0.697. The van der Waals surface area contributed by atoms with Crippen LogP contribution in [0.2, 0.25) is 0 Å². The predicted molar refractivity (Wildman–Crippen MR) is 110 cm³/mol. The molecule has 6 heteroatoms. The van der Waals surface area contributed by atoms with Crippen molar-refractivity contribution < 1.29 is 13.2 Å². The van der Waals surface area contributed by atoms with Crippen molar-refractivity contribution in [3.05, 3.63) is 90.0 Å². The highest BCUT2D eigenvalue weighted by atomic mass is 32.2. The Balaban J connectivity index is 1.85. The first-order valence-corrected chi connectivity index (χ1v) is 10.7. The first kappa shape index (κ1) is 18.5. The molecule has 28 heavy (non-hydrogen) atoms. The Labute approximate surface area is 165 Å². The third-order valence-corrected chi connectivity index (χ3v) is 6.62. The van der Waals surface area contributed by atoms with Crippen molar-refractivity contribution in [1.29, 1.82) is 0 Å². The number of benzene rings is 3. The van der Waals surface area contributed by atoms with E-state index in [-0.39, 0.29) is 11.4 Å². The van der Waals surface area contributed by atoms with Crippen molar-refractivity contribution in [3.63, 3.8) is 0 Å². The van der Waals surface area contributed by atoms with Gasteiger partial charge in [0.25, 0.3) is 0 Å². The third-order valence-electron chi connectivity index (χ3n) is 4.75. The molecule has 3 aromatic rings. The minimum Gasteiger partial charge on any atom is -0.493 e. The van der Waals surface area contributed by atoms with Crippen LogP contribution in [0.15, 0.2) is 83.8 Å². The van der Waals surface area contributed by atoms with E-state index in [0.717, 1.165) is 11.1 Å². The molecule has 4 rings (SSSR count). The number of para-hydroxylation sites is 2. The molecule has 1 aliphatic rings. The van der Waals surface area contributed by atoms with E-state index in [1.54, 1.807) is 18.2 Å². The highest BCUT2D eigenvalue weighted by molar-refractivity contribution is 7.89. The molecule has 0 amide bonds. The van der Waals surface area contributed by atoms with Gasteiger partial charge in [0.2, 0.25) is 10.0 Å². The zero-order valence-corrected chi connectivity index (χ0v) is 16.4. The Morgan fingerprint density at radius 3 is 2.39 bits per heavy atom. The molecule has 1 aliphatic heterocycles. The normalized spacial score (nSPS) is 18.1. The number of nitrogens with one attached hydrogen (secondary N) is 1. The number of nitrogens with zero attached hydrogens (tertiary/aromatic N) is 1. The number of hydrogen-bond acceptors (Lipinski definition) is 4. The molecule has 0 fully saturated rings. The summed E-state index contributed by atoms with van der Waals surface area (Å²) in [5.41, 5.74) is 2.31. The second-order valence-electron chi connectivity index (χ2n) is 6.55. The molecule has 1 N–H and O–H groups in total. The average molecular weight is 394 g/mol. The third kappa shape index (κ3) is 3.37. The van der Waals surface area contributed by atoms with Crippen LogP contribution in [0.1, 0.15) is 24.2 Å². The molecule has 5 nitrogen and oxygen atoms in total. The minimum absolute atomic E-state index is 0.260. The van der Waals surface area contributed by atoms with Crippen molar-refractivity contribution in [1.82, 2.24) is 4.31 Å². The number of sulfonamides is 1. The summed E-state index contributed by atoms with van der Waals surface area (Å²) in [5.74, 6) is 0.676. The van der Waals surface area contributed by atoms with Gasteiger partial charge in [-0.25, -0.2) is 8.42 Å². The Kier molecular flexibility index (Phi) is 5.07. The maximum absolute atomic E-state index is 13.5. The van der Waals surface area contributed by atoms with Crippen LogP contribution in [0.3, 0.4) is 0 Å². The predicted octanol–water partition coefficient (Wildman–Crippen LogP) is 4.40. The smallest absolute Gasteiger partial charge is 0.247 e. The molecule has 3 aromatic carbocycles. The van der Waals surface area contributed by atoms with E-state index in [1.165, 1.54) is 4.31 Å². The van der Waals surface area contributed by atoms with Gasteiger partial charge in [0.15, 0.2) is 0 Å². The van der Waals surface area contributed by atoms with Gasteiger partial charge in [-0.3, -0.25) is 0 Å². The highest BCUT2D eigenvalue weighted by Crippen LogP contribution is 2.41. The number of ether oxygens (including phenoxy) is 1. The van der Waals surface area contributed by atoms with E-state index in [2.05, 4.69) is 5.32 Å². The highest BCUT2D eigenvalue weighted by Gasteiger charge is 2.39. The van der Waals surface area contributed by atoms with E-state index in [0.29, 0.717) is 18.0 Å². The lowest BCUT2D eigenvalue weighted by Gasteiger charge is -2.38. The van der Waals surface area contributed by atoms with E-state index in [1.807, 2.05) is 67.6 Å². The summed E-state index contributed by atoms with van der Waals surface area (Å²) in [7, 11) is -3.69. The Morgan fingerprint density at radius 1 is 0.929 bits per heavy atom. The van der Waals surface area contributed by atoms with Crippen LogP contribution in [0.4, 0.5) is 5.69 Å². The molecular weight excluding hydrogens is 372 g/mol. The summed E-state index contributed by atoms with van der Waals surface area (Å²) in [6.07, 6.45) is -0.567. The van der Waals surface area contributed by atoms with Crippen LogP contribution in [0.5, 0.6) is 5.75 Å². The van der Waals surface area contributed by atoms with E-state index in [4.69, 9.17) is 4.74 Å². The van der Waals surface area contributed by atoms with Gasteiger partial charge in [-0.1, -0.05) is 60.7 Å². The molecule has 0 bridgehead atoms. The molecule has 0 spiro atoms. The second-order valence-corrected chi connectivity index (χ2v) is 8.41. The molecule has 0 saturated heterocycles. The first-order valence-electron chi connectivity index (χ1n) is 9.24. The standard InChI is InChI=1S/C22H22N2O3S/c1-2-27-20-14-8-6-12-18(20)22-23-19-13-7-9-15-21(19)28(25,26)24(22)16-17-10-4-3-5-11-17/h3-15,22-23H,2,16H2,1H3/t22-/m0/s1. The van der Waals surface area contributed by atoms with Gasteiger partial charge in [-0.05, 0) is 30.7 Å². The fourth-order valence-electron chi connectivity index (χ4n) is 3.46. The topological polar surface area (TPSA) is 58.6 Å². The molecule has 1 atom stereocenters. The van der Waals surface area contributed by atoms with Gasteiger partial charge in [-0.15, -0.1) is 0 Å². The van der Waals surface area contributed by atoms with Crippen LogP contribution < -0.4 is 10.1 Å². The molecule has 144 valence electrons. The summed E-state index contributed by atoms with van der Waals surface area (Å²) >= 11 is 0. The minimum atomic E-state index is -3.69. The maximum atomic E-state index is 13.5. The molecule has 0 saturated carbocycles. The summed E-state index contributed by atoms with van der Waals surface area (Å²) in [6.45, 7) is 2.68. The lowest BCUT2D eigenvalue weighted by Crippen LogP contribution is -2.42. The van der Waals surface area contributed by atoms with Crippen molar-refractivity contribution in [3.8, 4) is 5.75 Å². The summed E-state index contributed by atoms with van der Waals surface area (Å²) < 4.78 is 34.3. The van der Waals surface area contributed by atoms with Gasteiger partial charge in [-0.2, -0.15) is 4.31 Å². The molecule has 1 heterocycles. The van der Waals surface area contributed by atoms with E-state index < -0.39 is 16.2 Å². The molecular formula is C22H22N2O3S. The molecule has 0 aromatic heterocycles.